The van der Waals surface area contributed by atoms with Crippen LogP contribution < -0.4 is 0 Å². The number of hydrogen-bond acceptors (Lipinski definition) is 11. The summed E-state index contributed by atoms with van der Waals surface area (Å²) in [5.41, 5.74) is 0.842. The molecule has 0 aliphatic rings. The molecule has 1 unspecified atom stereocenters. The van der Waals surface area contributed by atoms with Gasteiger partial charge in [0.05, 0.1) is 126 Å². The molecule has 1 aromatic carbocycles. The van der Waals surface area contributed by atoms with Gasteiger partial charge in [-0.15, -0.1) is 0 Å². The van der Waals surface area contributed by atoms with Crippen molar-refractivity contribution in [3.05, 3.63) is 35.9 Å². The minimum Gasteiger partial charge on any atom is -0.394 e. The Hall–Kier alpha value is -1.22. The van der Waals surface area contributed by atoms with Gasteiger partial charge >= 0.3 is 0 Å². The van der Waals surface area contributed by atoms with E-state index in [9.17, 15) is 5.11 Å². The van der Waals surface area contributed by atoms with Gasteiger partial charge in [-0.1, -0.05) is 30.3 Å². The molecule has 1 aromatic rings. The maximum absolute atomic E-state index is 9.99. The Morgan fingerprint density at radius 2 is 0.730 bits per heavy atom. The third-order valence-corrected chi connectivity index (χ3v) is 4.67. The molecular weight excluding hydrogens is 488 g/mol. The van der Waals surface area contributed by atoms with E-state index in [0.717, 1.165) is 5.56 Å². The zero-order chi connectivity index (χ0) is 26.5. The fourth-order valence-corrected chi connectivity index (χ4v) is 2.79. The van der Waals surface area contributed by atoms with Crippen LogP contribution in [0.1, 0.15) is 11.7 Å². The van der Waals surface area contributed by atoms with E-state index in [0.29, 0.717) is 112 Å². The first kappa shape index (κ1) is 33.8. The monoisotopic (exact) mass is 534 g/mol. The van der Waals surface area contributed by atoms with Crippen LogP contribution in [-0.4, -0.2) is 136 Å². The van der Waals surface area contributed by atoms with Gasteiger partial charge in [0.25, 0.3) is 0 Å². The number of hydrogen-bond donors (Lipinski definition) is 2. The summed E-state index contributed by atoms with van der Waals surface area (Å²) in [7, 11) is 0. The second-order valence-corrected chi connectivity index (χ2v) is 7.62. The van der Waals surface area contributed by atoms with Gasteiger partial charge in [0.2, 0.25) is 0 Å². The van der Waals surface area contributed by atoms with E-state index in [1.165, 1.54) is 0 Å². The van der Waals surface area contributed by atoms with Gasteiger partial charge in [-0.05, 0) is 5.56 Å². The van der Waals surface area contributed by atoms with Crippen LogP contribution in [0.25, 0.3) is 0 Å². The molecule has 0 aromatic heterocycles. The number of aliphatic hydroxyl groups excluding tert-OH is 2. The molecule has 2 N–H and O–H groups in total. The van der Waals surface area contributed by atoms with Crippen molar-refractivity contribution in [3.8, 4) is 0 Å². The number of aliphatic hydroxyl groups is 2. The van der Waals surface area contributed by atoms with Gasteiger partial charge in [0.15, 0.2) is 0 Å². The molecule has 0 saturated carbocycles. The molecule has 0 saturated heterocycles. The van der Waals surface area contributed by atoms with Crippen molar-refractivity contribution in [2.24, 2.45) is 0 Å². The van der Waals surface area contributed by atoms with Crippen LogP contribution in [0.15, 0.2) is 30.3 Å². The van der Waals surface area contributed by atoms with Gasteiger partial charge < -0.3 is 52.8 Å². The summed E-state index contributed by atoms with van der Waals surface area (Å²) in [6.45, 7) is 8.42. The lowest BCUT2D eigenvalue weighted by atomic mass is 10.1. The number of benzene rings is 1. The second kappa shape index (κ2) is 27.8. The minimum atomic E-state index is -0.624. The molecule has 1 atom stereocenters. The fraction of sp³-hybridized carbons (Fsp3) is 0.769. The molecule has 11 nitrogen and oxygen atoms in total. The van der Waals surface area contributed by atoms with Crippen LogP contribution in [0, 0.1) is 0 Å². The molecule has 0 fully saturated rings. The maximum Gasteiger partial charge on any atom is 0.102 e. The predicted molar refractivity (Wildman–Crippen MR) is 136 cm³/mol. The molecule has 0 bridgehead atoms. The Bertz CT molecular complexity index is 565. The van der Waals surface area contributed by atoms with Crippen LogP contribution in [0.4, 0.5) is 0 Å². The van der Waals surface area contributed by atoms with E-state index < -0.39 is 6.10 Å². The Labute approximate surface area is 220 Å². The van der Waals surface area contributed by atoms with Gasteiger partial charge in [-0.3, -0.25) is 0 Å². The van der Waals surface area contributed by atoms with E-state index in [1.54, 1.807) is 0 Å². The Balaban J connectivity index is 1.66. The van der Waals surface area contributed by atoms with Crippen molar-refractivity contribution >= 4 is 0 Å². The van der Waals surface area contributed by atoms with Crippen molar-refractivity contribution in [2.75, 3.05) is 126 Å². The first-order valence-electron chi connectivity index (χ1n) is 12.9. The normalized spacial score (nSPS) is 12.3. The molecule has 0 heterocycles. The highest BCUT2D eigenvalue weighted by Crippen LogP contribution is 2.11. The van der Waals surface area contributed by atoms with Crippen LogP contribution in [0.5, 0.6) is 0 Å². The zero-order valence-corrected chi connectivity index (χ0v) is 22.0. The average Bonchev–Trinajstić information content (AvgIpc) is 2.93. The Kier molecular flexibility index (Phi) is 25.4. The van der Waals surface area contributed by atoms with Crippen molar-refractivity contribution in [2.45, 2.75) is 6.10 Å². The van der Waals surface area contributed by atoms with Crippen LogP contribution in [0.3, 0.4) is 0 Å². The van der Waals surface area contributed by atoms with Crippen molar-refractivity contribution in [3.63, 3.8) is 0 Å². The largest absolute Gasteiger partial charge is 0.394 e. The Morgan fingerprint density at radius 3 is 1.05 bits per heavy atom. The summed E-state index contributed by atoms with van der Waals surface area (Å²) in [5.74, 6) is 0. The summed E-state index contributed by atoms with van der Waals surface area (Å²) in [5, 5.41) is 18.5. The van der Waals surface area contributed by atoms with Crippen LogP contribution >= 0.6 is 0 Å². The molecule has 0 aliphatic carbocycles. The summed E-state index contributed by atoms with van der Waals surface area (Å²) < 4.78 is 48.4. The third kappa shape index (κ3) is 23.6. The van der Waals surface area contributed by atoms with E-state index >= 15 is 0 Å². The van der Waals surface area contributed by atoms with Crippen LogP contribution in [0.2, 0.25) is 0 Å². The third-order valence-electron chi connectivity index (χ3n) is 4.67. The first-order chi connectivity index (χ1) is 18.3. The SMILES string of the molecule is OCCOCCOCCOCCOCCOCCOCCOCCOCCOCC(O)c1ccccc1. The molecule has 216 valence electrons. The number of rotatable bonds is 29. The highest BCUT2D eigenvalue weighted by Gasteiger charge is 2.06. The van der Waals surface area contributed by atoms with Gasteiger partial charge in [-0.25, -0.2) is 0 Å². The van der Waals surface area contributed by atoms with E-state index in [1.807, 2.05) is 30.3 Å². The molecule has 0 spiro atoms. The van der Waals surface area contributed by atoms with E-state index in [4.69, 9.17) is 47.7 Å². The molecule has 0 amide bonds. The lowest BCUT2D eigenvalue weighted by Gasteiger charge is -2.11. The molecule has 0 aliphatic heterocycles. The molecule has 11 heteroatoms. The summed E-state index contributed by atoms with van der Waals surface area (Å²) in [6.07, 6.45) is -0.624. The summed E-state index contributed by atoms with van der Waals surface area (Å²) >= 11 is 0. The van der Waals surface area contributed by atoms with E-state index in [2.05, 4.69) is 0 Å². The van der Waals surface area contributed by atoms with Gasteiger partial charge in [0.1, 0.15) is 6.10 Å². The van der Waals surface area contributed by atoms with Gasteiger partial charge in [0, 0.05) is 0 Å². The smallest absolute Gasteiger partial charge is 0.102 e. The van der Waals surface area contributed by atoms with Gasteiger partial charge in [-0.2, -0.15) is 0 Å². The lowest BCUT2D eigenvalue weighted by Crippen LogP contribution is -2.15. The molecule has 37 heavy (non-hydrogen) atoms. The first-order valence-corrected chi connectivity index (χ1v) is 12.9. The molecular formula is C26H46O11. The predicted octanol–water partition coefficient (Wildman–Crippen LogP) is 0.862. The molecule has 1 rings (SSSR count). The lowest BCUT2D eigenvalue weighted by molar-refractivity contribution is -0.0283. The topological polar surface area (TPSA) is 124 Å². The summed E-state index contributed by atoms with van der Waals surface area (Å²) in [4.78, 5) is 0. The second-order valence-electron chi connectivity index (χ2n) is 7.62. The highest BCUT2D eigenvalue weighted by atomic mass is 16.6. The van der Waals surface area contributed by atoms with Crippen LogP contribution in [-0.2, 0) is 42.6 Å². The fourth-order valence-electron chi connectivity index (χ4n) is 2.79. The number of ether oxygens (including phenoxy) is 9. The van der Waals surface area contributed by atoms with E-state index in [-0.39, 0.29) is 13.2 Å². The highest BCUT2D eigenvalue weighted by molar-refractivity contribution is 5.17. The average molecular weight is 535 g/mol. The standard InChI is InChI=1S/C26H46O11/c27-6-7-29-8-9-30-10-11-31-12-13-32-14-15-33-16-17-34-18-19-35-20-21-36-22-23-37-24-26(28)25-4-2-1-3-5-25/h1-5,26-28H,6-24H2. The zero-order valence-electron chi connectivity index (χ0n) is 22.0. The quantitative estimate of drug-likeness (QED) is 0.142. The maximum atomic E-state index is 9.99. The van der Waals surface area contributed by atoms with Crippen molar-refractivity contribution < 1.29 is 52.8 Å². The minimum absolute atomic E-state index is 0.0254. The summed E-state index contributed by atoms with van der Waals surface area (Å²) in [6, 6.07) is 9.43. The van der Waals surface area contributed by atoms with Crippen molar-refractivity contribution in [1.82, 2.24) is 0 Å². The molecule has 0 radical (unpaired) electrons. The van der Waals surface area contributed by atoms with Crippen molar-refractivity contribution in [1.29, 1.82) is 0 Å². The Morgan fingerprint density at radius 1 is 0.432 bits per heavy atom.